The minimum atomic E-state index is -0.819. The van der Waals surface area contributed by atoms with Crippen LogP contribution < -0.4 is 15.4 Å². The summed E-state index contributed by atoms with van der Waals surface area (Å²) in [6, 6.07) is 21.4. The first-order valence-electron chi connectivity index (χ1n) is 9.91. The Kier molecular flexibility index (Phi) is 6.09. The summed E-state index contributed by atoms with van der Waals surface area (Å²) in [5.74, 6) is -0.642. The lowest BCUT2D eigenvalue weighted by atomic mass is 10.2. The molecule has 0 spiro atoms. The normalized spacial score (nSPS) is 10.3. The molecule has 4 aromatic rings. The van der Waals surface area contributed by atoms with Gasteiger partial charge in [-0.15, -0.1) is 0 Å². The Morgan fingerprint density at radius 1 is 1.03 bits per heavy atom. The summed E-state index contributed by atoms with van der Waals surface area (Å²) in [6.07, 6.45) is 4.26. The molecule has 0 fully saturated rings. The second kappa shape index (κ2) is 9.45. The van der Waals surface area contributed by atoms with Crippen molar-refractivity contribution in [2.75, 3.05) is 11.9 Å². The summed E-state index contributed by atoms with van der Waals surface area (Å²) in [7, 11) is 0. The number of pyridine rings is 1. The number of nitriles is 1. The number of benzene rings is 2. The minimum Gasteiger partial charge on any atom is -0.456 e. The number of carbonyl (C=O) groups excluding carboxylic acids is 2. The van der Waals surface area contributed by atoms with Gasteiger partial charge in [-0.2, -0.15) is 5.26 Å². The van der Waals surface area contributed by atoms with Crippen LogP contribution in [0.15, 0.2) is 79.1 Å². The summed E-state index contributed by atoms with van der Waals surface area (Å²) < 4.78 is 7.59. The molecular formula is C24H19N5O3. The molecule has 0 saturated carbocycles. The zero-order chi connectivity index (χ0) is 22.3. The highest BCUT2D eigenvalue weighted by Crippen LogP contribution is 2.27. The van der Waals surface area contributed by atoms with Crippen molar-refractivity contribution in [2.45, 2.75) is 6.42 Å². The van der Waals surface area contributed by atoms with Gasteiger partial charge < -0.3 is 19.8 Å². The maximum absolute atomic E-state index is 12.2. The molecule has 0 atom stereocenters. The summed E-state index contributed by atoms with van der Waals surface area (Å²) >= 11 is 0. The number of anilines is 1. The number of imidazole rings is 1. The Morgan fingerprint density at radius 2 is 1.84 bits per heavy atom. The number of hydrogen-bond acceptors (Lipinski definition) is 5. The van der Waals surface area contributed by atoms with Gasteiger partial charge in [-0.1, -0.05) is 24.3 Å². The van der Waals surface area contributed by atoms with Crippen LogP contribution in [0.1, 0.15) is 11.3 Å². The molecule has 2 amide bonds. The van der Waals surface area contributed by atoms with E-state index in [2.05, 4.69) is 15.6 Å². The van der Waals surface area contributed by atoms with Crippen LogP contribution in [0.3, 0.4) is 0 Å². The molecule has 2 aromatic heterocycles. The molecule has 4 rings (SSSR count). The molecule has 2 heterocycles. The van der Waals surface area contributed by atoms with E-state index in [1.165, 1.54) is 6.07 Å². The standard InChI is InChI=1S/C24H19N5O3/c25-15-17-14-18(9-10-21(17)32-20-6-2-1-3-7-20)28-24(31)23(30)26-12-11-19-16-29-13-5-4-8-22(29)27-19/h1-10,13-14,16H,11-12H2,(H,26,30)(H,28,31). The van der Waals surface area contributed by atoms with Crippen LogP contribution in [0.2, 0.25) is 0 Å². The monoisotopic (exact) mass is 425 g/mol. The Bertz CT molecular complexity index is 1280. The van der Waals surface area contributed by atoms with E-state index in [1.54, 1.807) is 24.3 Å². The van der Waals surface area contributed by atoms with E-state index in [0.29, 0.717) is 23.6 Å². The van der Waals surface area contributed by atoms with Crippen LogP contribution in [0.4, 0.5) is 5.69 Å². The van der Waals surface area contributed by atoms with Gasteiger partial charge in [0.2, 0.25) is 0 Å². The SMILES string of the molecule is N#Cc1cc(NC(=O)C(=O)NCCc2cn3ccccc3n2)ccc1Oc1ccccc1. The number of ether oxygens (including phenoxy) is 1. The van der Waals surface area contributed by atoms with Gasteiger partial charge in [-0.05, 0) is 42.5 Å². The molecule has 0 unspecified atom stereocenters. The zero-order valence-electron chi connectivity index (χ0n) is 17.0. The fourth-order valence-electron chi connectivity index (χ4n) is 3.08. The van der Waals surface area contributed by atoms with E-state index in [-0.39, 0.29) is 12.1 Å². The molecular weight excluding hydrogens is 406 g/mol. The number of amides is 2. The van der Waals surface area contributed by atoms with Gasteiger partial charge in [0.15, 0.2) is 0 Å². The lowest BCUT2D eigenvalue weighted by molar-refractivity contribution is -0.136. The minimum absolute atomic E-state index is 0.235. The number of hydrogen-bond donors (Lipinski definition) is 2. The number of fused-ring (bicyclic) bond motifs is 1. The Labute approximate surface area is 184 Å². The first-order valence-corrected chi connectivity index (χ1v) is 9.91. The van der Waals surface area contributed by atoms with E-state index in [4.69, 9.17) is 4.74 Å². The molecule has 158 valence electrons. The van der Waals surface area contributed by atoms with Crippen LogP contribution in [-0.2, 0) is 16.0 Å². The lowest BCUT2D eigenvalue weighted by Gasteiger charge is -2.10. The first-order chi connectivity index (χ1) is 15.6. The van der Waals surface area contributed by atoms with Crippen LogP contribution in [0, 0.1) is 11.3 Å². The highest BCUT2D eigenvalue weighted by atomic mass is 16.5. The fourth-order valence-corrected chi connectivity index (χ4v) is 3.08. The summed E-state index contributed by atoms with van der Waals surface area (Å²) in [4.78, 5) is 28.8. The number of nitrogens with zero attached hydrogens (tertiary/aromatic N) is 3. The Morgan fingerprint density at radius 3 is 2.62 bits per heavy atom. The second-order valence-corrected chi connectivity index (χ2v) is 6.90. The Hall–Kier alpha value is -4.64. The van der Waals surface area contributed by atoms with Crippen LogP contribution >= 0.6 is 0 Å². The predicted molar refractivity (Wildman–Crippen MR) is 118 cm³/mol. The van der Waals surface area contributed by atoms with Crippen LogP contribution in [0.25, 0.3) is 5.65 Å². The first kappa shape index (κ1) is 20.6. The smallest absolute Gasteiger partial charge is 0.313 e. The van der Waals surface area contributed by atoms with Gasteiger partial charge in [0, 0.05) is 31.0 Å². The molecule has 0 radical (unpaired) electrons. The number of carbonyl (C=O) groups is 2. The summed E-state index contributed by atoms with van der Waals surface area (Å²) in [5, 5.41) is 14.5. The number of rotatable bonds is 6. The van der Waals surface area contributed by atoms with Crippen molar-refractivity contribution in [1.29, 1.82) is 5.26 Å². The molecule has 0 aliphatic carbocycles. The van der Waals surface area contributed by atoms with Gasteiger partial charge in [0.05, 0.1) is 11.3 Å². The highest BCUT2D eigenvalue weighted by Gasteiger charge is 2.15. The molecule has 0 aliphatic rings. The van der Waals surface area contributed by atoms with E-state index >= 15 is 0 Å². The summed E-state index contributed by atoms with van der Waals surface area (Å²) in [5.41, 5.74) is 2.19. The maximum Gasteiger partial charge on any atom is 0.313 e. The van der Waals surface area contributed by atoms with E-state index < -0.39 is 11.8 Å². The molecule has 32 heavy (non-hydrogen) atoms. The van der Waals surface area contributed by atoms with Gasteiger partial charge in [-0.3, -0.25) is 9.59 Å². The van der Waals surface area contributed by atoms with Crippen molar-refractivity contribution >= 4 is 23.1 Å². The zero-order valence-corrected chi connectivity index (χ0v) is 17.0. The largest absolute Gasteiger partial charge is 0.456 e. The average Bonchev–Trinajstić information content (AvgIpc) is 3.23. The topological polar surface area (TPSA) is 109 Å². The molecule has 0 saturated heterocycles. The predicted octanol–water partition coefficient (Wildman–Crippen LogP) is 3.30. The third kappa shape index (κ3) is 4.91. The average molecular weight is 425 g/mol. The van der Waals surface area contributed by atoms with E-state index in [9.17, 15) is 14.9 Å². The Balaban J connectivity index is 1.32. The lowest BCUT2D eigenvalue weighted by Crippen LogP contribution is -2.36. The van der Waals surface area contributed by atoms with Gasteiger partial charge >= 0.3 is 11.8 Å². The molecule has 2 N–H and O–H groups in total. The quantitative estimate of drug-likeness (QED) is 0.461. The third-order valence-electron chi connectivity index (χ3n) is 4.62. The van der Waals surface area contributed by atoms with Crippen molar-refractivity contribution in [3.8, 4) is 17.6 Å². The van der Waals surface area contributed by atoms with Crippen LogP contribution in [-0.4, -0.2) is 27.7 Å². The van der Waals surface area contributed by atoms with Crippen molar-refractivity contribution in [1.82, 2.24) is 14.7 Å². The third-order valence-corrected chi connectivity index (χ3v) is 4.62. The molecule has 8 nitrogen and oxygen atoms in total. The van der Waals surface area contributed by atoms with Gasteiger partial charge in [0.25, 0.3) is 0 Å². The van der Waals surface area contributed by atoms with Crippen molar-refractivity contribution in [2.24, 2.45) is 0 Å². The number of nitrogens with one attached hydrogen (secondary N) is 2. The van der Waals surface area contributed by atoms with E-state index in [1.807, 2.05) is 59.3 Å². The van der Waals surface area contributed by atoms with Crippen molar-refractivity contribution in [3.05, 3.63) is 90.4 Å². The van der Waals surface area contributed by atoms with Crippen LogP contribution in [0.5, 0.6) is 11.5 Å². The highest BCUT2D eigenvalue weighted by molar-refractivity contribution is 6.39. The van der Waals surface area contributed by atoms with Gasteiger partial charge in [0.1, 0.15) is 23.2 Å². The second-order valence-electron chi connectivity index (χ2n) is 6.90. The van der Waals surface area contributed by atoms with Gasteiger partial charge in [-0.25, -0.2) is 4.98 Å². The summed E-state index contributed by atoms with van der Waals surface area (Å²) in [6.45, 7) is 0.267. The van der Waals surface area contributed by atoms with Crippen molar-refractivity contribution < 1.29 is 14.3 Å². The molecule has 2 aromatic carbocycles. The molecule has 0 aliphatic heterocycles. The number of para-hydroxylation sites is 1. The molecule has 0 bridgehead atoms. The van der Waals surface area contributed by atoms with E-state index in [0.717, 1.165) is 11.3 Å². The van der Waals surface area contributed by atoms with Crippen molar-refractivity contribution in [3.63, 3.8) is 0 Å². The number of aromatic nitrogens is 2. The molecule has 8 heteroatoms. The maximum atomic E-state index is 12.2. The fraction of sp³-hybridized carbons (Fsp3) is 0.0833.